The van der Waals surface area contributed by atoms with E-state index in [0.717, 1.165) is 81.6 Å². The Bertz CT molecular complexity index is 3160. The van der Waals surface area contributed by atoms with E-state index in [1.807, 2.05) is 85.0 Å². The maximum Gasteiger partial charge on any atom is 0.338 e. The molecule has 5 heterocycles. The van der Waals surface area contributed by atoms with E-state index in [9.17, 15) is 9.59 Å². The monoisotopic (exact) mass is 924 g/mol. The third-order valence-corrected chi connectivity index (χ3v) is 13.0. The number of nitrogens with one attached hydrogen (secondary N) is 2. The number of aromatic nitrogens is 4. The van der Waals surface area contributed by atoms with E-state index in [4.69, 9.17) is 19.4 Å². The van der Waals surface area contributed by atoms with Crippen molar-refractivity contribution < 1.29 is 19.1 Å². The molecule has 8 bridgehead atoms. The number of esters is 2. The quantitative estimate of drug-likeness (QED) is 0.104. The number of rotatable bonds is 14. The standard InChI is InChI=1S/C60H56N6O4/c1-7-65(8-2)41-25-19-39(20-26-41)23-29-47-49-31-35-53(61-49)57(43-15-11-13-17-45(43)59(67)69-5)55-37-33-51(63-55)48(30-24-40-21-27-42(28-22-40)66(9-3)10-4)52-34-38-56(64-52)58(54-36-32-50(47)62-54)44-16-12-14-18-46(44)60(68)70-6/h11-38,61,64H,7-10H2,1-6H3/b29-23+,30-24+,49-47?,50-47?,51-48?,52-48?,57-53?,57-55?,58-54?,58-56?. The Kier molecular flexibility index (Phi) is 13.8. The summed E-state index contributed by atoms with van der Waals surface area (Å²) in [5.74, 6) is -0.905. The van der Waals surface area contributed by atoms with Gasteiger partial charge in [-0.05, 0) is 124 Å². The molecular weight excluding hydrogens is 869 g/mol. The largest absolute Gasteiger partial charge is 0.465 e. The molecule has 0 spiro atoms. The highest BCUT2D eigenvalue weighted by Crippen LogP contribution is 2.37. The van der Waals surface area contributed by atoms with Crippen LogP contribution in [0, 0.1) is 0 Å². The maximum atomic E-state index is 13.5. The number of hydrogen-bond donors (Lipinski definition) is 2. The second kappa shape index (κ2) is 20.8. The van der Waals surface area contributed by atoms with Crippen LogP contribution in [0.15, 0.2) is 121 Å². The van der Waals surface area contributed by atoms with Gasteiger partial charge in [0.15, 0.2) is 0 Å². The Labute approximate surface area is 409 Å². The van der Waals surface area contributed by atoms with Crippen molar-refractivity contribution in [1.82, 2.24) is 19.9 Å². The average Bonchev–Trinajstić information content (AvgIpc) is 4.26. The Hall–Kier alpha value is -8.50. The number of nitrogens with zero attached hydrogens (tertiary/aromatic N) is 4. The van der Waals surface area contributed by atoms with Crippen LogP contribution in [0.4, 0.5) is 11.4 Å². The Balaban J connectivity index is 1.36. The van der Waals surface area contributed by atoms with Crippen molar-refractivity contribution in [2.75, 3.05) is 50.2 Å². The number of ether oxygens (including phenoxy) is 2. The van der Waals surface area contributed by atoms with Crippen LogP contribution >= 0.6 is 0 Å². The Morgan fingerprint density at radius 3 is 1.19 bits per heavy atom. The number of H-pyrrole nitrogens is 2. The summed E-state index contributed by atoms with van der Waals surface area (Å²) in [6.07, 6.45) is 16.4. The highest BCUT2D eigenvalue weighted by molar-refractivity contribution is 6.05. The zero-order valence-electron chi connectivity index (χ0n) is 40.4. The van der Waals surface area contributed by atoms with Crippen molar-refractivity contribution in [2.45, 2.75) is 27.7 Å². The van der Waals surface area contributed by atoms with Gasteiger partial charge in [0.2, 0.25) is 0 Å². The Morgan fingerprint density at radius 1 is 0.457 bits per heavy atom. The molecule has 10 heteroatoms. The Morgan fingerprint density at radius 2 is 0.814 bits per heavy atom. The van der Waals surface area contributed by atoms with Crippen LogP contribution < -0.4 is 9.80 Å². The molecule has 0 atom stereocenters. The molecule has 350 valence electrons. The van der Waals surface area contributed by atoms with Gasteiger partial charge in [0, 0.05) is 93.0 Å². The lowest BCUT2D eigenvalue weighted by atomic mass is 9.98. The molecule has 0 radical (unpaired) electrons. The van der Waals surface area contributed by atoms with Crippen molar-refractivity contribution in [2.24, 2.45) is 0 Å². The molecule has 0 saturated heterocycles. The van der Waals surface area contributed by atoms with Gasteiger partial charge in [-0.15, -0.1) is 0 Å². The van der Waals surface area contributed by atoms with Gasteiger partial charge >= 0.3 is 11.9 Å². The van der Waals surface area contributed by atoms with Crippen LogP contribution in [0.5, 0.6) is 0 Å². The fourth-order valence-corrected chi connectivity index (χ4v) is 9.27. The molecule has 2 aliphatic rings. The molecule has 2 N–H and O–H groups in total. The van der Waals surface area contributed by atoms with Crippen molar-refractivity contribution in [3.8, 4) is 22.3 Å². The summed E-state index contributed by atoms with van der Waals surface area (Å²) in [7, 11) is 2.79. The number of aromatic amines is 2. The summed E-state index contributed by atoms with van der Waals surface area (Å²) in [5, 5.41) is 0. The molecule has 3 aromatic heterocycles. The lowest BCUT2D eigenvalue weighted by Crippen LogP contribution is -2.21. The predicted molar refractivity (Wildman–Crippen MR) is 290 cm³/mol. The molecule has 0 amide bonds. The van der Waals surface area contributed by atoms with E-state index >= 15 is 0 Å². The van der Waals surface area contributed by atoms with Gasteiger partial charge in [-0.2, -0.15) is 0 Å². The summed E-state index contributed by atoms with van der Waals surface area (Å²) < 4.78 is 10.7. The fraction of sp³-hybridized carbons (Fsp3) is 0.167. The van der Waals surface area contributed by atoms with E-state index in [1.165, 1.54) is 25.6 Å². The molecule has 0 aliphatic carbocycles. The fourth-order valence-electron chi connectivity index (χ4n) is 9.27. The number of anilines is 2. The third kappa shape index (κ3) is 9.36. The molecule has 4 aromatic carbocycles. The first-order valence-electron chi connectivity index (χ1n) is 23.8. The van der Waals surface area contributed by atoms with Crippen molar-refractivity contribution in [1.29, 1.82) is 0 Å². The predicted octanol–water partition coefficient (Wildman–Crippen LogP) is 13.6. The second-order valence-electron chi connectivity index (χ2n) is 16.8. The van der Waals surface area contributed by atoms with Crippen LogP contribution in [-0.4, -0.2) is 72.3 Å². The van der Waals surface area contributed by atoms with E-state index in [1.54, 1.807) is 12.1 Å². The van der Waals surface area contributed by atoms with Crippen LogP contribution in [0.2, 0.25) is 0 Å². The van der Waals surface area contributed by atoms with Crippen LogP contribution in [-0.2, 0) is 9.47 Å². The van der Waals surface area contributed by atoms with E-state index < -0.39 is 11.9 Å². The first kappa shape index (κ1) is 46.6. The van der Waals surface area contributed by atoms with Crippen molar-refractivity contribution in [3.05, 3.63) is 177 Å². The van der Waals surface area contributed by atoms with E-state index in [2.05, 4.69) is 120 Å². The van der Waals surface area contributed by atoms with Crippen LogP contribution in [0.1, 0.15) is 93.4 Å². The number of methoxy groups -OCH3 is 2. The maximum absolute atomic E-state index is 13.5. The SMILES string of the molecule is CCN(CC)c1ccc(/C=C/c2c3nc(c(-c4ccccc4C(=O)OC)c4ccc([nH]4)c(/C=C/c4ccc(N(CC)CC)cc4)c4nc(c(-c5ccccc5C(=O)OC)c5ccc2[nH]5)C=C4)C=C3)cc1. The minimum atomic E-state index is -0.452. The van der Waals surface area contributed by atoms with Gasteiger partial charge in [0.1, 0.15) is 0 Å². The normalized spacial score (nSPS) is 12.0. The summed E-state index contributed by atoms with van der Waals surface area (Å²) in [5.41, 5.74) is 15.5. The van der Waals surface area contributed by atoms with Crippen molar-refractivity contribution >= 4 is 94.0 Å². The zero-order valence-corrected chi connectivity index (χ0v) is 40.4. The summed E-state index contributed by atoms with van der Waals surface area (Å²) in [6, 6.07) is 40.1. The van der Waals surface area contributed by atoms with E-state index in [0.29, 0.717) is 45.0 Å². The number of benzene rings is 4. The van der Waals surface area contributed by atoms with Gasteiger partial charge < -0.3 is 29.2 Å². The van der Waals surface area contributed by atoms with E-state index in [-0.39, 0.29) is 0 Å². The topological polar surface area (TPSA) is 116 Å². The first-order chi connectivity index (χ1) is 34.2. The third-order valence-electron chi connectivity index (χ3n) is 13.0. The highest BCUT2D eigenvalue weighted by Gasteiger charge is 2.22. The molecule has 70 heavy (non-hydrogen) atoms. The molecule has 0 fully saturated rings. The molecule has 0 saturated carbocycles. The average molecular weight is 925 g/mol. The van der Waals surface area contributed by atoms with Gasteiger partial charge in [-0.1, -0.05) is 85.0 Å². The van der Waals surface area contributed by atoms with Crippen LogP contribution in [0.25, 0.3) is 92.9 Å². The zero-order chi connectivity index (χ0) is 48.7. The van der Waals surface area contributed by atoms with Gasteiger partial charge in [0.25, 0.3) is 0 Å². The number of carbonyl (C=O) groups is 2. The second-order valence-corrected chi connectivity index (χ2v) is 16.8. The molecule has 10 nitrogen and oxygen atoms in total. The van der Waals surface area contributed by atoms with Gasteiger partial charge in [0.05, 0.1) is 48.1 Å². The van der Waals surface area contributed by atoms with Crippen LogP contribution in [0.3, 0.4) is 0 Å². The first-order valence-corrected chi connectivity index (χ1v) is 23.8. The number of fused-ring (bicyclic) bond motifs is 8. The molecule has 0 unspecified atom stereocenters. The summed E-state index contributed by atoms with van der Waals surface area (Å²) >= 11 is 0. The molecule has 7 aromatic rings. The summed E-state index contributed by atoms with van der Waals surface area (Å²) in [4.78, 5) is 49.8. The smallest absolute Gasteiger partial charge is 0.338 e. The summed E-state index contributed by atoms with van der Waals surface area (Å²) in [6.45, 7) is 12.3. The number of hydrogen-bond acceptors (Lipinski definition) is 8. The van der Waals surface area contributed by atoms with Crippen molar-refractivity contribution in [3.63, 3.8) is 0 Å². The minimum Gasteiger partial charge on any atom is -0.465 e. The highest BCUT2D eigenvalue weighted by atomic mass is 16.5. The molecule has 9 rings (SSSR count). The van der Waals surface area contributed by atoms with Gasteiger partial charge in [-0.25, -0.2) is 19.6 Å². The lowest BCUT2D eigenvalue weighted by molar-refractivity contribution is 0.0592. The lowest BCUT2D eigenvalue weighted by Gasteiger charge is -2.20. The number of carbonyl (C=O) groups excluding carboxylic acids is 2. The minimum absolute atomic E-state index is 0.413. The van der Waals surface area contributed by atoms with Gasteiger partial charge in [-0.3, -0.25) is 0 Å². The molecule has 2 aliphatic heterocycles. The molecular formula is C60H56N6O4.